The molecule has 1 saturated heterocycles. The van der Waals surface area contributed by atoms with Crippen molar-refractivity contribution in [2.45, 2.75) is 45.2 Å². The Balaban J connectivity index is 1.83. The van der Waals surface area contributed by atoms with Crippen molar-refractivity contribution in [3.05, 3.63) is 42.2 Å². The van der Waals surface area contributed by atoms with E-state index in [1.807, 2.05) is 45.2 Å². The number of aromatic nitrogens is 1. The molecule has 3 rings (SSSR count). The van der Waals surface area contributed by atoms with Gasteiger partial charge in [0, 0.05) is 17.6 Å². The Kier molecular flexibility index (Phi) is 4.59. The molecule has 4 nitrogen and oxygen atoms in total. The van der Waals surface area contributed by atoms with E-state index in [1.165, 1.54) is 6.42 Å². The topological polar surface area (TPSA) is 45.2 Å². The van der Waals surface area contributed by atoms with E-state index < -0.39 is 5.54 Å². The molecule has 4 heteroatoms. The Morgan fingerprint density at radius 3 is 2.79 bits per heavy atom. The van der Waals surface area contributed by atoms with Crippen LogP contribution in [0.3, 0.4) is 0 Å². The number of pyridine rings is 1. The third-order valence-electron chi connectivity index (χ3n) is 5.27. The molecule has 1 aromatic carbocycles. The van der Waals surface area contributed by atoms with Gasteiger partial charge in [0.2, 0.25) is 5.91 Å². The smallest absolute Gasteiger partial charge is 0.225 e. The second-order valence-electron chi connectivity index (χ2n) is 7.47. The molecule has 1 aromatic heterocycles. The Morgan fingerprint density at radius 2 is 2.08 bits per heavy atom. The zero-order valence-corrected chi connectivity index (χ0v) is 15.0. The van der Waals surface area contributed by atoms with Crippen LogP contribution in [0.4, 0.5) is 0 Å². The molecule has 2 aromatic rings. The third-order valence-corrected chi connectivity index (χ3v) is 5.27. The average molecular weight is 325 g/mol. The fourth-order valence-corrected chi connectivity index (χ4v) is 3.84. The minimum absolute atomic E-state index is 0.0215. The van der Waals surface area contributed by atoms with E-state index in [2.05, 4.69) is 34.4 Å². The van der Waals surface area contributed by atoms with Gasteiger partial charge in [-0.3, -0.25) is 9.78 Å². The SMILES string of the molecule is CC(C(=O)NC(C)(C)c1nccc2ccccc12)[C@H]1CCCN1C. The number of carbonyl (C=O) groups excluding carboxylic acids is 1. The summed E-state index contributed by atoms with van der Waals surface area (Å²) in [6.45, 7) is 7.18. The zero-order chi connectivity index (χ0) is 17.3. The number of rotatable bonds is 4. The van der Waals surface area contributed by atoms with Gasteiger partial charge in [-0.15, -0.1) is 0 Å². The average Bonchev–Trinajstić information content (AvgIpc) is 2.99. The van der Waals surface area contributed by atoms with Crippen molar-refractivity contribution in [3.8, 4) is 0 Å². The highest BCUT2D eigenvalue weighted by molar-refractivity contribution is 5.86. The van der Waals surface area contributed by atoms with Crippen LogP contribution < -0.4 is 5.32 Å². The summed E-state index contributed by atoms with van der Waals surface area (Å²) in [5, 5.41) is 5.47. The molecule has 24 heavy (non-hydrogen) atoms. The van der Waals surface area contributed by atoms with Gasteiger partial charge in [-0.1, -0.05) is 31.2 Å². The predicted octanol–water partition coefficient (Wildman–Crippen LogP) is 3.32. The van der Waals surface area contributed by atoms with Crippen molar-refractivity contribution in [2.24, 2.45) is 5.92 Å². The molecule has 1 amide bonds. The lowest BCUT2D eigenvalue weighted by Crippen LogP contribution is -2.48. The molecule has 2 atom stereocenters. The van der Waals surface area contributed by atoms with Crippen LogP contribution in [0.5, 0.6) is 0 Å². The number of nitrogens with one attached hydrogen (secondary N) is 1. The number of nitrogens with zero attached hydrogens (tertiary/aromatic N) is 2. The number of hydrogen-bond donors (Lipinski definition) is 1. The first-order valence-corrected chi connectivity index (χ1v) is 8.76. The van der Waals surface area contributed by atoms with Crippen LogP contribution in [0.1, 0.15) is 39.3 Å². The first-order chi connectivity index (χ1) is 11.4. The van der Waals surface area contributed by atoms with Gasteiger partial charge >= 0.3 is 0 Å². The maximum absolute atomic E-state index is 12.8. The van der Waals surface area contributed by atoms with Crippen molar-refractivity contribution in [3.63, 3.8) is 0 Å². The lowest BCUT2D eigenvalue weighted by molar-refractivity contribution is -0.127. The normalized spacial score (nSPS) is 20.2. The molecule has 128 valence electrons. The molecule has 1 aliphatic rings. The van der Waals surface area contributed by atoms with Gasteiger partial charge in [-0.05, 0) is 51.7 Å². The van der Waals surface area contributed by atoms with Crippen molar-refractivity contribution >= 4 is 16.7 Å². The maximum atomic E-state index is 12.8. The quantitative estimate of drug-likeness (QED) is 0.938. The summed E-state index contributed by atoms with van der Waals surface area (Å²) >= 11 is 0. The largest absolute Gasteiger partial charge is 0.345 e. The van der Waals surface area contributed by atoms with E-state index in [4.69, 9.17) is 0 Å². The maximum Gasteiger partial charge on any atom is 0.225 e. The van der Waals surface area contributed by atoms with Crippen LogP contribution in [0.2, 0.25) is 0 Å². The number of amides is 1. The third kappa shape index (κ3) is 3.16. The lowest BCUT2D eigenvalue weighted by atomic mass is 9.92. The summed E-state index contributed by atoms with van der Waals surface area (Å²) in [5.41, 5.74) is 0.407. The van der Waals surface area contributed by atoms with Gasteiger partial charge in [0.15, 0.2) is 0 Å². The number of likely N-dealkylation sites (tertiary alicyclic amines) is 1. The van der Waals surface area contributed by atoms with Gasteiger partial charge in [0.05, 0.1) is 17.2 Å². The van der Waals surface area contributed by atoms with Crippen molar-refractivity contribution in [2.75, 3.05) is 13.6 Å². The molecule has 1 aliphatic heterocycles. The monoisotopic (exact) mass is 325 g/mol. The number of benzene rings is 1. The highest BCUT2D eigenvalue weighted by atomic mass is 16.2. The predicted molar refractivity (Wildman–Crippen MR) is 97.7 cm³/mol. The standard InChI is InChI=1S/C20H27N3O/c1-14(17-10-7-13-23(17)4)19(24)22-20(2,3)18-16-9-6-5-8-15(16)11-12-21-18/h5-6,8-9,11-12,14,17H,7,10,13H2,1-4H3,(H,22,24)/t14?,17-/m1/s1. The van der Waals surface area contributed by atoms with Gasteiger partial charge in [0.25, 0.3) is 0 Å². The van der Waals surface area contributed by atoms with Crippen molar-refractivity contribution in [1.82, 2.24) is 15.2 Å². The molecule has 0 spiro atoms. The summed E-state index contributed by atoms with van der Waals surface area (Å²) in [6, 6.07) is 10.5. The number of carbonyl (C=O) groups is 1. The van der Waals surface area contributed by atoms with E-state index in [1.54, 1.807) is 0 Å². The summed E-state index contributed by atoms with van der Waals surface area (Å²) in [5.74, 6) is 0.0836. The molecule has 2 heterocycles. The highest BCUT2D eigenvalue weighted by Crippen LogP contribution is 2.28. The van der Waals surface area contributed by atoms with Crippen LogP contribution in [0.15, 0.2) is 36.5 Å². The van der Waals surface area contributed by atoms with Crippen LogP contribution in [-0.4, -0.2) is 35.4 Å². The van der Waals surface area contributed by atoms with E-state index >= 15 is 0 Å². The first-order valence-electron chi connectivity index (χ1n) is 8.76. The van der Waals surface area contributed by atoms with E-state index in [0.717, 1.165) is 29.4 Å². The minimum atomic E-state index is -0.511. The van der Waals surface area contributed by atoms with Gasteiger partial charge < -0.3 is 10.2 Å². The van der Waals surface area contributed by atoms with Gasteiger partial charge in [-0.25, -0.2) is 0 Å². The molecule has 1 fully saturated rings. The van der Waals surface area contributed by atoms with Crippen molar-refractivity contribution in [1.29, 1.82) is 0 Å². The number of fused-ring (bicyclic) bond motifs is 1. The number of hydrogen-bond acceptors (Lipinski definition) is 3. The Hall–Kier alpha value is -1.94. The van der Waals surface area contributed by atoms with Crippen LogP contribution in [0, 0.1) is 5.92 Å². The van der Waals surface area contributed by atoms with Crippen molar-refractivity contribution < 1.29 is 4.79 Å². The van der Waals surface area contributed by atoms with Crippen LogP contribution in [0.25, 0.3) is 10.8 Å². The highest BCUT2D eigenvalue weighted by Gasteiger charge is 2.34. The Morgan fingerprint density at radius 1 is 1.33 bits per heavy atom. The molecule has 1 N–H and O–H groups in total. The van der Waals surface area contributed by atoms with Gasteiger partial charge in [0.1, 0.15) is 0 Å². The van der Waals surface area contributed by atoms with E-state index in [0.29, 0.717) is 6.04 Å². The van der Waals surface area contributed by atoms with Gasteiger partial charge in [-0.2, -0.15) is 0 Å². The van der Waals surface area contributed by atoms with E-state index in [9.17, 15) is 4.79 Å². The van der Waals surface area contributed by atoms with Crippen LogP contribution >= 0.6 is 0 Å². The molecule has 0 bridgehead atoms. The Labute approximate surface area is 144 Å². The summed E-state index contributed by atoms with van der Waals surface area (Å²) in [7, 11) is 2.11. The molecule has 0 saturated carbocycles. The lowest BCUT2D eigenvalue weighted by Gasteiger charge is -2.31. The Bertz CT molecular complexity index is 735. The second kappa shape index (κ2) is 6.52. The molecule has 1 unspecified atom stereocenters. The fourth-order valence-electron chi connectivity index (χ4n) is 3.84. The summed E-state index contributed by atoms with van der Waals surface area (Å²) in [6.07, 6.45) is 4.09. The fraction of sp³-hybridized carbons (Fsp3) is 0.500. The zero-order valence-electron chi connectivity index (χ0n) is 15.0. The second-order valence-corrected chi connectivity index (χ2v) is 7.47. The molecular formula is C20H27N3O. The first kappa shape index (κ1) is 16.9. The molecule has 0 radical (unpaired) electrons. The molecule has 0 aliphatic carbocycles. The van der Waals surface area contributed by atoms with Crippen LogP contribution in [-0.2, 0) is 10.3 Å². The summed E-state index contributed by atoms with van der Waals surface area (Å²) in [4.78, 5) is 19.7. The van der Waals surface area contributed by atoms with E-state index in [-0.39, 0.29) is 11.8 Å². The summed E-state index contributed by atoms with van der Waals surface area (Å²) < 4.78 is 0. The minimum Gasteiger partial charge on any atom is -0.345 e. The molecular weight excluding hydrogens is 298 g/mol.